The predicted molar refractivity (Wildman–Crippen MR) is 67.0 cm³/mol. The van der Waals surface area contributed by atoms with E-state index in [4.69, 9.17) is 14.2 Å². The molecule has 4 fully saturated rings. The number of hydrogen-bond donors (Lipinski definition) is 0. The lowest BCUT2D eigenvalue weighted by atomic mass is 9.57. The van der Waals surface area contributed by atoms with Crippen LogP contribution >= 0.6 is 0 Å². The molecule has 1 spiro atoms. The van der Waals surface area contributed by atoms with Gasteiger partial charge in [-0.1, -0.05) is 13.8 Å². The van der Waals surface area contributed by atoms with Gasteiger partial charge in [0.25, 0.3) is 0 Å². The fourth-order valence-electron chi connectivity index (χ4n) is 5.03. The summed E-state index contributed by atoms with van der Waals surface area (Å²) >= 11 is 0. The Morgan fingerprint density at radius 3 is 2.74 bits per heavy atom. The number of rotatable bonds is 0. The van der Waals surface area contributed by atoms with Crippen LogP contribution in [0.1, 0.15) is 46.5 Å². The van der Waals surface area contributed by atoms with Gasteiger partial charge in [-0.15, -0.1) is 0 Å². The van der Waals surface area contributed by atoms with Crippen LogP contribution in [0, 0.1) is 23.7 Å². The van der Waals surface area contributed by atoms with Gasteiger partial charge in [0.1, 0.15) is 5.60 Å². The molecule has 19 heavy (non-hydrogen) atoms. The van der Waals surface area contributed by atoms with Crippen molar-refractivity contribution >= 4 is 5.97 Å². The highest BCUT2D eigenvalue weighted by molar-refractivity contribution is 5.74. The minimum Gasteiger partial charge on any atom is -0.432 e. The minimum absolute atomic E-state index is 0.0738. The predicted octanol–water partition coefficient (Wildman–Crippen LogP) is 2.46. The summed E-state index contributed by atoms with van der Waals surface area (Å²) in [5.74, 6) is 0.586. The largest absolute Gasteiger partial charge is 0.432 e. The maximum Gasteiger partial charge on any atom is 0.311 e. The smallest absolute Gasteiger partial charge is 0.311 e. The van der Waals surface area contributed by atoms with E-state index >= 15 is 0 Å². The summed E-state index contributed by atoms with van der Waals surface area (Å²) in [6, 6.07) is 0. The minimum atomic E-state index is -0.555. The molecule has 7 atom stereocenters. The van der Waals surface area contributed by atoms with Crippen molar-refractivity contribution in [1.29, 1.82) is 0 Å². The van der Waals surface area contributed by atoms with Gasteiger partial charge in [0.2, 0.25) is 6.29 Å². The lowest BCUT2D eigenvalue weighted by Gasteiger charge is -2.56. The first-order chi connectivity index (χ1) is 8.96. The van der Waals surface area contributed by atoms with Crippen molar-refractivity contribution < 1.29 is 19.0 Å². The Morgan fingerprint density at radius 1 is 1.16 bits per heavy atom. The third-order valence-corrected chi connectivity index (χ3v) is 6.00. The number of ether oxygens (including phenoxy) is 3. The van der Waals surface area contributed by atoms with Crippen molar-refractivity contribution in [2.75, 3.05) is 0 Å². The molecular weight excluding hydrogens is 244 g/mol. The van der Waals surface area contributed by atoms with Crippen molar-refractivity contribution in [2.24, 2.45) is 23.7 Å². The van der Waals surface area contributed by atoms with Crippen LogP contribution in [0.3, 0.4) is 0 Å². The molecule has 0 aromatic carbocycles. The third kappa shape index (κ3) is 1.34. The first kappa shape index (κ1) is 12.2. The number of carbonyl (C=O) groups excluding carboxylic acids is 1. The van der Waals surface area contributed by atoms with E-state index < -0.39 is 12.1 Å². The first-order valence-corrected chi connectivity index (χ1v) is 7.55. The maximum absolute atomic E-state index is 12.1. The molecule has 1 saturated carbocycles. The average molecular weight is 266 g/mol. The summed E-state index contributed by atoms with van der Waals surface area (Å²) in [5.41, 5.74) is -0.377. The van der Waals surface area contributed by atoms with Gasteiger partial charge in [-0.05, 0) is 38.0 Å². The Hall–Kier alpha value is -0.610. The van der Waals surface area contributed by atoms with E-state index in [0.717, 1.165) is 19.3 Å². The SMILES string of the molecule is CC1CCC2[C@@H](C)C(=O)OC3O[C@]4(C)CCC1C32O4. The molecule has 0 N–H and O–H groups in total. The average Bonchev–Trinajstić information content (AvgIpc) is 2.56. The van der Waals surface area contributed by atoms with Gasteiger partial charge in [0, 0.05) is 12.3 Å². The van der Waals surface area contributed by atoms with Gasteiger partial charge in [-0.3, -0.25) is 4.79 Å². The molecule has 1 aliphatic carbocycles. The molecule has 4 nitrogen and oxygen atoms in total. The van der Waals surface area contributed by atoms with Crippen molar-refractivity contribution in [3.8, 4) is 0 Å². The Morgan fingerprint density at radius 2 is 1.95 bits per heavy atom. The molecule has 0 aromatic rings. The zero-order valence-corrected chi connectivity index (χ0v) is 11.8. The van der Waals surface area contributed by atoms with Gasteiger partial charge in [-0.2, -0.15) is 0 Å². The maximum atomic E-state index is 12.1. The van der Waals surface area contributed by atoms with Gasteiger partial charge in [0.05, 0.1) is 5.92 Å². The van der Waals surface area contributed by atoms with Crippen LogP contribution in [0.2, 0.25) is 0 Å². The van der Waals surface area contributed by atoms with E-state index in [-0.39, 0.29) is 23.4 Å². The van der Waals surface area contributed by atoms with E-state index in [1.165, 1.54) is 6.42 Å². The van der Waals surface area contributed by atoms with E-state index in [2.05, 4.69) is 6.92 Å². The number of fused-ring (bicyclic) bond motifs is 1. The Labute approximate surface area is 113 Å². The number of esters is 1. The van der Waals surface area contributed by atoms with Crippen molar-refractivity contribution in [3.05, 3.63) is 0 Å². The van der Waals surface area contributed by atoms with Gasteiger partial charge < -0.3 is 14.2 Å². The zero-order valence-electron chi connectivity index (χ0n) is 11.8. The van der Waals surface area contributed by atoms with E-state index in [1.807, 2.05) is 13.8 Å². The quantitative estimate of drug-likeness (QED) is 0.632. The van der Waals surface area contributed by atoms with Gasteiger partial charge >= 0.3 is 5.97 Å². The van der Waals surface area contributed by atoms with Gasteiger partial charge in [0.15, 0.2) is 5.79 Å². The molecule has 5 unspecified atom stereocenters. The molecular formula is C15H22O4. The van der Waals surface area contributed by atoms with Crippen LogP contribution in [0.15, 0.2) is 0 Å². The normalized spacial score (nSPS) is 59.5. The summed E-state index contributed by atoms with van der Waals surface area (Å²) in [7, 11) is 0. The Balaban J connectivity index is 1.84. The summed E-state index contributed by atoms with van der Waals surface area (Å²) in [6.07, 6.45) is 3.76. The highest BCUT2D eigenvalue weighted by Crippen LogP contribution is 2.62. The Bertz CT molecular complexity index is 436. The number of carbonyl (C=O) groups is 1. The second-order valence-corrected chi connectivity index (χ2v) is 7.07. The van der Waals surface area contributed by atoms with Crippen LogP contribution in [0.4, 0.5) is 0 Å². The molecule has 3 saturated heterocycles. The van der Waals surface area contributed by atoms with Crippen LogP contribution in [0.25, 0.3) is 0 Å². The van der Waals surface area contributed by atoms with E-state index in [0.29, 0.717) is 11.8 Å². The molecule has 4 aliphatic rings. The fraction of sp³-hybridized carbons (Fsp3) is 0.933. The summed E-state index contributed by atoms with van der Waals surface area (Å²) in [4.78, 5) is 12.1. The van der Waals surface area contributed by atoms with E-state index in [1.54, 1.807) is 0 Å². The van der Waals surface area contributed by atoms with Gasteiger partial charge in [-0.25, -0.2) is 0 Å². The van der Waals surface area contributed by atoms with Crippen molar-refractivity contribution in [3.63, 3.8) is 0 Å². The molecule has 4 rings (SSSR count). The molecule has 3 aliphatic heterocycles. The van der Waals surface area contributed by atoms with Crippen LogP contribution in [0.5, 0.6) is 0 Å². The number of hydrogen-bond acceptors (Lipinski definition) is 4. The molecule has 0 radical (unpaired) electrons. The second kappa shape index (κ2) is 3.53. The van der Waals surface area contributed by atoms with Crippen LogP contribution in [-0.4, -0.2) is 23.6 Å². The molecule has 0 aromatic heterocycles. The lowest BCUT2D eigenvalue weighted by molar-refractivity contribution is -0.263. The standard InChI is InChI=1S/C15H22O4/c1-8-4-5-11-9(2)12(16)17-13-15(11)10(8)6-7-14(3,18-13)19-15/h8-11,13H,4-7H2,1-3H3/t8?,9-,10?,11?,13?,14+,15?/m1/s1. The van der Waals surface area contributed by atoms with E-state index in [9.17, 15) is 4.79 Å². The second-order valence-electron chi connectivity index (χ2n) is 7.07. The summed E-state index contributed by atoms with van der Waals surface area (Å²) in [6.45, 7) is 6.28. The zero-order chi connectivity index (χ0) is 13.4. The molecule has 4 heteroatoms. The van der Waals surface area contributed by atoms with Crippen LogP contribution in [-0.2, 0) is 19.0 Å². The van der Waals surface area contributed by atoms with Crippen molar-refractivity contribution in [1.82, 2.24) is 0 Å². The summed E-state index contributed by atoms with van der Waals surface area (Å²) in [5, 5.41) is 0. The molecule has 106 valence electrons. The molecule has 0 amide bonds. The highest BCUT2D eigenvalue weighted by atomic mass is 16.8. The summed E-state index contributed by atoms with van der Waals surface area (Å²) < 4.78 is 18.0. The molecule has 3 heterocycles. The first-order valence-electron chi connectivity index (χ1n) is 7.55. The van der Waals surface area contributed by atoms with Crippen LogP contribution < -0.4 is 0 Å². The monoisotopic (exact) mass is 266 g/mol. The third-order valence-electron chi connectivity index (χ3n) is 6.00. The lowest BCUT2D eigenvalue weighted by Crippen LogP contribution is -2.65. The highest BCUT2D eigenvalue weighted by Gasteiger charge is 2.72. The Kier molecular flexibility index (Phi) is 2.26. The van der Waals surface area contributed by atoms with Crippen molar-refractivity contribution in [2.45, 2.75) is 64.1 Å². The molecule has 2 bridgehead atoms. The topological polar surface area (TPSA) is 44.8 Å². The fourth-order valence-corrected chi connectivity index (χ4v) is 5.03.